The lowest BCUT2D eigenvalue weighted by atomic mass is 9.90. The highest BCUT2D eigenvalue weighted by atomic mass is 16.2. The molecule has 5 heteroatoms. The van der Waals surface area contributed by atoms with Gasteiger partial charge < -0.3 is 4.90 Å². The van der Waals surface area contributed by atoms with Crippen molar-refractivity contribution in [2.75, 3.05) is 4.90 Å². The molecule has 4 aromatic carbocycles. The first-order valence-corrected chi connectivity index (χ1v) is 11.6. The summed E-state index contributed by atoms with van der Waals surface area (Å²) < 4.78 is 0. The molecule has 166 valence electrons. The number of carbonyl (C=O) groups excluding carboxylic acids is 2. The molecule has 0 radical (unpaired) electrons. The standard InChI is InChI=1S/C29H23N3O2/c33-28(31-30-25-12-4-7-20-6-1-2-10-23(20)25)22-16-14-19(15-17-22)18-32-26-13-5-9-21-8-3-11-24(27(21)26)29(32)34/h1-3,5-6,8-11,13-17H,4,7,12,18H2,(H,31,33). The predicted octanol–water partition coefficient (Wildman–Crippen LogP) is 5.47. The van der Waals surface area contributed by atoms with Crippen molar-refractivity contribution in [1.82, 2.24) is 5.43 Å². The fourth-order valence-electron chi connectivity index (χ4n) is 4.98. The second-order valence-electron chi connectivity index (χ2n) is 8.78. The number of nitrogens with one attached hydrogen (secondary N) is 1. The molecule has 0 fully saturated rings. The fourth-order valence-corrected chi connectivity index (χ4v) is 4.98. The molecule has 2 aliphatic rings. The fraction of sp³-hybridized carbons (Fsp3) is 0.138. The summed E-state index contributed by atoms with van der Waals surface area (Å²) in [6.45, 7) is 0.452. The van der Waals surface area contributed by atoms with Gasteiger partial charge in [-0.3, -0.25) is 9.59 Å². The van der Waals surface area contributed by atoms with E-state index in [0.717, 1.165) is 58.1 Å². The monoisotopic (exact) mass is 445 g/mol. The smallest absolute Gasteiger partial charge is 0.271 e. The maximum absolute atomic E-state index is 13.0. The molecule has 6 rings (SSSR count). The molecule has 2 amide bonds. The summed E-state index contributed by atoms with van der Waals surface area (Å²) in [5, 5.41) is 6.50. The number of benzene rings is 4. The van der Waals surface area contributed by atoms with E-state index in [2.05, 4.69) is 22.7 Å². The lowest BCUT2D eigenvalue weighted by molar-refractivity contribution is 0.0952. The van der Waals surface area contributed by atoms with E-state index in [4.69, 9.17) is 0 Å². The average molecular weight is 446 g/mol. The van der Waals surface area contributed by atoms with Gasteiger partial charge in [-0.05, 0) is 60.0 Å². The molecule has 1 aliphatic heterocycles. The molecule has 0 spiro atoms. The number of hydrazone groups is 1. The van der Waals surface area contributed by atoms with E-state index >= 15 is 0 Å². The Morgan fingerprint density at radius 1 is 0.853 bits per heavy atom. The van der Waals surface area contributed by atoms with Crippen molar-refractivity contribution in [2.45, 2.75) is 25.8 Å². The van der Waals surface area contributed by atoms with Crippen molar-refractivity contribution in [3.63, 3.8) is 0 Å². The van der Waals surface area contributed by atoms with Gasteiger partial charge in [0.1, 0.15) is 0 Å². The minimum Gasteiger partial charge on any atom is -0.303 e. The van der Waals surface area contributed by atoms with Crippen LogP contribution in [0.25, 0.3) is 10.8 Å². The van der Waals surface area contributed by atoms with Crippen LogP contribution in [-0.2, 0) is 13.0 Å². The van der Waals surface area contributed by atoms with Crippen LogP contribution >= 0.6 is 0 Å². The van der Waals surface area contributed by atoms with Crippen LogP contribution in [0.4, 0.5) is 5.69 Å². The van der Waals surface area contributed by atoms with Gasteiger partial charge in [-0.1, -0.05) is 60.7 Å². The highest BCUT2D eigenvalue weighted by Crippen LogP contribution is 2.38. The summed E-state index contributed by atoms with van der Waals surface area (Å²) in [6, 6.07) is 27.4. The third kappa shape index (κ3) is 3.46. The zero-order valence-electron chi connectivity index (χ0n) is 18.6. The van der Waals surface area contributed by atoms with Gasteiger partial charge in [0.25, 0.3) is 11.8 Å². The molecule has 0 atom stereocenters. The van der Waals surface area contributed by atoms with E-state index in [1.165, 1.54) is 5.56 Å². The molecule has 0 unspecified atom stereocenters. The first-order chi connectivity index (χ1) is 16.7. The van der Waals surface area contributed by atoms with Crippen LogP contribution in [0.2, 0.25) is 0 Å². The molecule has 4 aromatic rings. The van der Waals surface area contributed by atoms with E-state index < -0.39 is 0 Å². The van der Waals surface area contributed by atoms with E-state index in [0.29, 0.717) is 12.1 Å². The lowest BCUT2D eigenvalue weighted by Crippen LogP contribution is -2.26. The van der Waals surface area contributed by atoms with Crippen LogP contribution in [0.1, 0.15) is 50.2 Å². The molecule has 0 saturated carbocycles. The summed E-state index contributed by atoms with van der Waals surface area (Å²) in [7, 11) is 0. The molecule has 0 bridgehead atoms. The van der Waals surface area contributed by atoms with E-state index in [1.807, 2.05) is 60.7 Å². The zero-order chi connectivity index (χ0) is 23.1. The van der Waals surface area contributed by atoms with Gasteiger partial charge >= 0.3 is 0 Å². The molecular weight excluding hydrogens is 422 g/mol. The molecule has 1 heterocycles. The van der Waals surface area contributed by atoms with Crippen molar-refractivity contribution in [1.29, 1.82) is 0 Å². The van der Waals surface area contributed by atoms with Gasteiger partial charge in [-0.2, -0.15) is 5.10 Å². The van der Waals surface area contributed by atoms with Crippen LogP contribution in [0.5, 0.6) is 0 Å². The maximum atomic E-state index is 13.0. The lowest BCUT2D eigenvalue weighted by Gasteiger charge is -2.18. The first-order valence-electron chi connectivity index (χ1n) is 11.6. The number of carbonyl (C=O) groups is 2. The number of rotatable bonds is 4. The normalized spacial score (nSPS) is 15.6. The van der Waals surface area contributed by atoms with E-state index in [9.17, 15) is 9.59 Å². The molecular formula is C29H23N3O2. The van der Waals surface area contributed by atoms with Crippen LogP contribution in [-0.4, -0.2) is 17.5 Å². The number of hydrogen-bond donors (Lipinski definition) is 1. The highest BCUT2D eigenvalue weighted by Gasteiger charge is 2.29. The van der Waals surface area contributed by atoms with Gasteiger partial charge in [0.05, 0.1) is 17.9 Å². The minimum absolute atomic E-state index is 0.0113. The van der Waals surface area contributed by atoms with Crippen LogP contribution < -0.4 is 10.3 Å². The maximum Gasteiger partial charge on any atom is 0.271 e. The predicted molar refractivity (Wildman–Crippen MR) is 134 cm³/mol. The summed E-state index contributed by atoms with van der Waals surface area (Å²) in [6.07, 6.45) is 2.94. The molecule has 1 aliphatic carbocycles. The van der Waals surface area contributed by atoms with E-state index in [-0.39, 0.29) is 11.8 Å². The zero-order valence-corrected chi connectivity index (χ0v) is 18.6. The van der Waals surface area contributed by atoms with Crippen molar-refractivity contribution < 1.29 is 9.59 Å². The minimum atomic E-state index is -0.239. The quantitative estimate of drug-likeness (QED) is 0.424. The Morgan fingerprint density at radius 2 is 1.62 bits per heavy atom. The Kier molecular flexibility index (Phi) is 4.95. The largest absolute Gasteiger partial charge is 0.303 e. The highest BCUT2D eigenvalue weighted by molar-refractivity contribution is 6.24. The van der Waals surface area contributed by atoms with Gasteiger partial charge in [0.2, 0.25) is 0 Å². The van der Waals surface area contributed by atoms with Crippen LogP contribution in [0.15, 0.2) is 90.0 Å². The number of aryl methyl sites for hydroxylation is 1. The Hall–Kier alpha value is -4.25. The summed E-state index contributed by atoms with van der Waals surface area (Å²) in [5.41, 5.74) is 9.22. The SMILES string of the molecule is O=C(NN=C1CCCc2ccccc21)c1ccc(CN2C(=O)c3cccc4cccc2c34)cc1. The first kappa shape index (κ1) is 20.4. The molecule has 0 aromatic heterocycles. The number of anilines is 1. The van der Waals surface area contributed by atoms with Crippen molar-refractivity contribution in [2.24, 2.45) is 5.10 Å². The van der Waals surface area contributed by atoms with Gasteiger partial charge in [-0.25, -0.2) is 5.43 Å². The average Bonchev–Trinajstić information content (AvgIpc) is 3.15. The second-order valence-corrected chi connectivity index (χ2v) is 8.78. The third-order valence-electron chi connectivity index (χ3n) is 6.69. The van der Waals surface area contributed by atoms with Crippen LogP contribution in [0.3, 0.4) is 0 Å². The molecule has 1 N–H and O–H groups in total. The topological polar surface area (TPSA) is 61.8 Å². The van der Waals surface area contributed by atoms with Crippen molar-refractivity contribution in [3.8, 4) is 0 Å². The number of amides is 2. The Balaban J connectivity index is 1.18. The van der Waals surface area contributed by atoms with E-state index in [1.54, 1.807) is 17.0 Å². The Morgan fingerprint density at radius 3 is 2.47 bits per heavy atom. The second kappa shape index (κ2) is 8.27. The van der Waals surface area contributed by atoms with Crippen molar-refractivity contribution >= 4 is 34.0 Å². The number of hydrogen-bond acceptors (Lipinski definition) is 3. The molecule has 0 saturated heterocycles. The molecule has 5 nitrogen and oxygen atoms in total. The molecule has 34 heavy (non-hydrogen) atoms. The van der Waals surface area contributed by atoms with Gasteiger partial charge in [0, 0.05) is 22.1 Å². The summed E-state index contributed by atoms with van der Waals surface area (Å²) >= 11 is 0. The van der Waals surface area contributed by atoms with Crippen LogP contribution in [0, 0.1) is 0 Å². The third-order valence-corrected chi connectivity index (χ3v) is 6.69. The van der Waals surface area contributed by atoms with Crippen molar-refractivity contribution in [3.05, 3.63) is 113 Å². The Bertz CT molecular complexity index is 1470. The van der Waals surface area contributed by atoms with Gasteiger partial charge in [-0.15, -0.1) is 0 Å². The Labute approximate surface area is 197 Å². The van der Waals surface area contributed by atoms with Gasteiger partial charge in [0.15, 0.2) is 0 Å². The number of fused-ring (bicyclic) bond motifs is 1. The number of nitrogens with zero attached hydrogens (tertiary/aromatic N) is 2. The summed E-state index contributed by atoms with van der Waals surface area (Å²) in [5.74, 6) is -0.228. The summed E-state index contributed by atoms with van der Waals surface area (Å²) in [4.78, 5) is 27.5.